The summed E-state index contributed by atoms with van der Waals surface area (Å²) in [6.45, 7) is 28.5. The lowest BCUT2D eigenvalue weighted by molar-refractivity contribution is -0.0789. The molecule has 4 saturated heterocycles. The van der Waals surface area contributed by atoms with Gasteiger partial charge in [0.2, 0.25) is 0 Å². The third-order valence-electron chi connectivity index (χ3n) is 18.6. The summed E-state index contributed by atoms with van der Waals surface area (Å²) in [5.41, 5.74) is 3.56. The highest BCUT2D eigenvalue weighted by molar-refractivity contribution is 5.23. The average molecular weight is 609 g/mol. The van der Waals surface area contributed by atoms with Crippen LogP contribution in [-0.4, -0.2) is 46.8 Å². The van der Waals surface area contributed by atoms with Gasteiger partial charge in [-0.1, -0.05) is 55.4 Å². The molecule has 0 unspecified atom stereocenters. The van der Waals surface area contributed by atoms with Crippen molar-refractivity contribution < 1.29 is 18.9 Å². The first-order chi connectivity index (χ1) is 20.2. The lowest BCUT2D eigenvalue weighted by atomic mass is 9.46. The highest BCUT2D eigenvalue weighted by Gasteiger charge is 2.75. The van der Waals surface area contributed by atoms with E-state index < -0.39 is 0 Å². The zero-order valence-electron chi connectivity index (χ0n) is 30.2. The number of ether oxygens (including phenoxy) is 4. The second-order valence-electron chi connectivity index (χ2n) is 21.3. The Balaban J connectivity index is 0.0000000819. The molecule has 4 nitrogen and oxygen atoms in total. The Hall–Kier alpha value is -0.160. The summed E-state index contributed by atoms with van der Waals surface area (Å²) in [4.78, 5) is 0. The van der Waals surface area contributed by atoms with E-state index in [0.717, 1.165) is 47.3 Å². The minimum atomic E-state index is 0.304. The Kier molecular flexibility index (Phi) is 5.56. The van der Waals surface area contributed by atoms with Crippen molar-refractivity contribution in [3.8, 4) is 0 Å². The first-order valence-corrected chi connectivity index (χ1v) is 18.9. The molecule has 0 aromatic heterocycles. The first kappa shape index (κ1) is 29.9. The Bertz CT molecular complexity index is 1060. The Morgan fingerprint density at radius 2 is 0.477 bits per heavy atom. The molecule has 16 atom stereocenters. The number of hydrogen-bond acceptors (Lipinski definition) is 4. The van der Waals surface area contributed by atoms with Crippen LogP contribution >= 0.6 is 0 Å². The quantitative estimate of drug-likeness (QED) is 0.258. The summed E-state index contributed by atoms with van der Waals surface area (Å²) >= 11 is 0. The molecule has 12 saturated carbocycles. The second-order valence-corrected chi connectivity index (χ2v) is 21.3. The van der Waals surface area contributed by atoms with Crippen LogP contribution in [0.15, 0.2) is 0 Å². The smallest absolute Gasteiger partial charge is 0.0953 e. The van der Waals surface area contributed by atoms with E-state index in [0.29, 0.717) is 68.5 Å². The third-order valence-corrected chi connectivity index (χ3v) is 18.6. The van der Waals surface area contributed by atoms with E-state index in [1.165, 1.54) is 51.4 Å². The van der Waals surface area contributed by atoms with Crippen molar-refractivity contribution in [2.24, 2.45) is 69.0 Å². The third kappa shape index (κ3) is 3.57. The van der Waals surface area contributed by atoms with Crippen LogP contribution in [0.2, 0.25) is 0 Å². The molecule has 16 rings (SSSR count). The van der Waals surface area contributed by atoms with E-state index in [1.807, 2.05) is 0 Å². The fraction of sp³-hybridized carbons (Fsp3) is 1.00. The number of rotatable bonds is 0. The van der Waals surface area contributed by atoms with Crippen molar-refractivity contribution >= 4 is 0 Å². The summed E-state index contributed by atoms with van der Waals surface area (Å²) in [5.74, 6) is 7.30. The Labute approximate surface area is 268 Å². The highest BCUT2D eigenvalue weighted by atomic mass is 16.6. The van der Waals surface area contributed by atoms with E-state index in [2.05, 4.69) is 83.1 Å². The fourth-order valence-corrected chi connectivity index (χ4v) is 14.0. The van der Waals surface area contributed by atoms with Gasteiger partial charge in [0, 0.05) is 0 Å². The van der Waals surface area contributed by atoms with Gasteiger partial charge in [0.05, 0.1) is 46.8 Å². The molecule has 8 bridgehead atoms. The monoisotopic (exact) mass is 608 g/mol. The van der Waals surface area contributed by atoms with Crippen molar-refractivity contribution in [1.82, 2.24) is 0 Å². The minimum absolute atomic E-state index is 0.304. The largest absolute Gasteiger partial charge is 0.366 e. The number of hydrogen-bond donors (Lipinski definition) is 0. The van der Waals surface area contributed by atoms with Gasteiger partial charge in [0.15, 0.2) is 0 Å². The molecule has 12 aliphatic carbocycles. The van der Waals surface area contributed by atoms with Gasteiger partial charge in [-0.05, 0) is 148 Å². The van der Waals surface area contributed by atoms with Crippen molar-refractivity contribution in [1.29, 1.82) is 0 Å². The van der Waals surface area contributed by atoms with E-state index in [1.54, 1.807) is 0 Å². The summed E-state index contributed by atoms with van der Waals surface area (Å²) in [7, 11) is 0. The lowest BCUT2D eigenvalue weighted by Gasteiger charge is -2.57. The number of epoxide rings is 4. The summed E-state index contributed by atoms with van der Waals surface area (Å²) in [6, 6.07) is 0. The Morgan fingerprint density at radius 1 is 0.295 bits per heavy atom. The van der Waals surface area contributed by atoms with Gasteiger partial charge in [0.1, 0.15) is 0 Å². The zero-order chi connectivity index (χ0) is 31.4. The van der Waals surface area contributed by atoms with Crippen LogP contribution in [0, 0.1) is 69.0 Å². The van der Waals surface area contributed by atoms with E-state index in [-0.39, 0.29) is 0 Å². The van der Waals surface area contributed by atoms with Crippen LogP contribution < -0.4 is 0 Å². The molecular weight excluding hydrogens is 544 g/mol. The molecular formula is C40H64O4. The van der Waals surface area contributed by atoms with Crippen LogP contribution in [0.4, 0.5) is 0 Å². The molecule has 0 aromatic carbocycles. The van der Waals surface area contributed by atoms with Crippen LogP contribution in [0.25, 0.3) is 0 Å². The summed E-state index contributed by atoms with van der Waals surface area (Å²) in [5, 5.41) is 0. The molecule has 0 aromatic rings. The molecule has 16 aliphatic rings. The normalized spacial score (nSPS) is 63.0. The average Bonchev–Trinajstić information content (AvgIpc) is 3.79. The van der Waals surface area contributed by atoms with Gasteiger partial charge in [-0.25, -0.2) is 0 Å². The maximum atomic E-state index is 5.75. The molecule has 0 radical (unpaired) electrons. The van der Waals surface area contributed by atoms with Gasteiger partial charge in [-0.2, -0.15) is 0 Å². The molecule has 4 heterocycles. The molecule has 248 valence electrons. The van der Waals surface area contributed by atoms with Crippen molar-refractivity contribution in [3.63, 3.8) is 0 Å². The second kappa shape index (κ2) is 8.16. The standard InChI is InChI=1S/4C10H16O/c4*1-9(2)6-4-7(9)10(3)8(5-6)11-10/h4*6-8H,4-5H2,1-3H3/t2*6-,7-,8+,10-;2*6-,7-,8-,10+/m1010/s1. The van der Waals surface area contributed by atoms with Crippen molar-refractivity contribution in [3.05, 3.63) is 0 Å². The molecule has 4 aliphatic heterocycles. The molecule has 16 fully saturated rings. The van der Waals surface area contributed by atoms with E-state index >= 15 is 0 Å². The maximum Gasteiger partial charge on any atom is 0.0953 e. The maximum absolute atomic E-state index is 5.75. The van der Waals surface area contributed by atoms with Crippen molar-refractivity contribution in [2.45, 2.75) is 181 Å². The van der Waals surface area contributed by atoms with E-state index in [9.17, 15) is 0 Å². The predicted octanol–water partition coefficient (Wildman–Crippen LogP) is 8.84. The molecule has 0 N–H and O–H groups in total. The minimum Gasteiger partial charge on any atom is -0.366 e. The van der Waals surface area contributed by atoms with Gasteiger partial charge < -0.3 is 18.9 Å². The topological polar surface area (TPSA) is 50.1 Å². The predicted molar refractivity (Wildman–Crippen MR) is 173 cm³/mol. The van der Waals surface area contributed by atoms with Crippen molar-refractivity contribution in [2.75, 3.05) is 0 Å². The van der Waals surface area contributed by atoms with Crippen LogP contribution in [0.3, 0.4) is 0 Å². The molecule has 4 heteroatoms. The summed E-state index contributed by atoms with van der Waals surface area (Å²) in [6.07, 6.45) is 13.6. The zero-order valence-corrected chi connectivity index (χ0v) is 30.2. The Morgan fingerprint density at radius 3 is 0.591 bits per heavy atom. The SMILES string of the molecule is CC1(C)[C@@H]2C[C@@H]3O[C@]3(C)[C@H]1C2.CC1(C)[C@@H]2C[C@H]1[C@]1(C)O[C@@H]1C2.CC1(C)[C@@H]2C[C@H]3O[C@@]3(C)[C@H]1C2.CC1(C)[C@H]2C[C@@H]3O[C@]3(C)[C@@H]1C2. The van der Waals surface area contributed by atoms with Crippen LogP contribution in [-0.2, 0) is 18.9 Å². The highest BCUT2D eigenvalue weighted by Crippen LogP contribution is 2.73. The van der Waals surface area contributed by atoms with Gasteiger partial charge >= 0.3 is 0 Å². The van der Waals surface area contributed by atoms with E-state index in [4.69, 9.17) is 18.9 Å². The lowest BCUT2D eigenvalue weighted by Crippen LogP contribution is -2.56. The van der Waals surface area contributed by atoms with Crippen LogP contribution in [0.1, 0.15) is 134 Å². The molecule has 0 spiro atoms. The molecule has 0 amide bonds. The first-order valence-electron chi connectivity index (χ1n) is 18.9. The molecule has 44 heavy (non-hydrogen) atoms. The van der Waals surface area contributed by atoms with Gasteiger partial charge in [0.25, 0.3) is 0 Å². The van der Waals surface area contributed by atoms with Gasteiger partial charge in [-0.15, -0.1) is 0 Å². The van der Waals surface area contributed by atoms with Crippen LogP contribution in [0.5, 0.6) is 0 Å². The summed E-state index contributed by atoms with van der Waals surface area (Å²) < 4.78 is 23.0. The fourth-order valence-electron chi connectivity index (χ4n) is 14.0. The van der Waals surface area contributed by atoms with Gasteiger partial charge in [-0.3, -0.25) is 0 Å².